The van der Waals surface area contributed by atoms with Gasteiger partial charge >= 0.3 is 6.03 Å². The number of rotatable bonds is 8. The number of hydrogen-bond acceptors (Lipinski definition) is 4. The zero-order chi connectivity index (χ0) is 25.7. The molecule has 5 amide bonds. The van der Waals surface area contributed by atoms with Crippen molar-refractivity contribution >= 4 is 29.4 Å². The molecule has 36 heavy (non-hydrogen) atoms. The van der Waals surface area contributed by atoms with Crippen molar-refractivity contribution in [1.29, 1.82) is 0 Å². The SMILES string of the molecule is Cc1cccc(C)c1NC(=O)[C@H](c1ccccc1)N(Cc1ccccc1)C(=O)C[C@@H]1NC(=O)NC1=O. The van der Waals surface area contributed by atoms with Gasteiger partial charge < -0.3 is 15.5 Å². The summed E-state index contributed by atoms with van der Waals surface area (Å²) >= 11 is 0. The van der Waals surface area contributed by atoms with E-state index in [1.165, 1.54) is 4.90 Å². The van der Waals surface area contributed by atoms with Gasteiger partial charge in [-0.15, -0.1) is 0 Å². The molecule has 3 aromatic carbocycles. The topological polar surface area (TPSA) is 108 Å². The maximum Gasteiger partial charge on any atom is 0.322 e. The number of nitrogens with zero attached hydrogens (tertiary/aromatic N) is 1. The number of aryl methyl sites for hydroxylation is 2. The first-order valence-electron chi connectivity index (χ1n) is 11.7. The van der Waals surface area contributed by atoms with Crippen molar-refractivity contribution in [2.45, 2.75) is 38.9 Å². The Hall–Kier alpha value is -4.46. The normalized spacial score (nSPS) is 15.6. The Bertz CT molecular complexity index is 1260. The van der Waals surface area contributed by atoms with E-state index in [0.29, 0.717) is 11.3 Å². The summed E-state index contributed by atoms with van der Waals surface area (Å²) in [7, 11) is 0. The standard InChI is InChI=1S/C28H28N4O4/c1-18-10-9-11-19(2)24(18)30-27(35)25(21-14-7-4-8-15-21)32(17-20-12-5-3-6-13-20)23(33)16-22-26(34)31-28(36)29-22/h3-15,22,25H,16-17H2,1-2H3,(H,30,35)(H2,29,31,34,36)/t22-,25-/m0/s1. The predicted molar refractivity (Wildman–Crippen MR) is 136 cm³/mol. The minimum atomic E-state index is -0.999. The lowest BCUT2D eigenvalue weighted by molar-refractivity contribution is -0.141. The van der Waals surface area contributed by atoms with E-state index in [0.717, 1.165) is 16.7 Å². The summed E-state index contributed by atoms with van der Waals surface area (Å²) in [6.07, 6.45) is -0.273. The highest BCUT2D eigenvalue weighted by molar-refractivity contribution is 6.06. The number of amides is 5. The Labute approximate surface area is 209 Å². The Kier molecular flexibility index (Phi) is 7.44. The third-order valence-electron chi connectivity index (χ3n) is 6.16. The largest absolute Gasteiger partial charge is 0.325 e. The van der Waals surface area contributed by atoms with Crippen LogP contribution in [0, 0.1) is 13.8 Å². The van der Waals surface area contributed by atoms with Crippen LogP contribution >= 0.6 is 0 Å². The van der Waals surface area contributed by atoms with Crippen molar-refractivity contribution in [2.24, 2.45) is 0 Å². The summed E-state index contributed by atoms with van der Waals surface area (Å²) in [5, 5.41) is 7.64. The highest BCUT2D eigenvalue weighted by atomic mass is 16.2. The molecule has 0 aliphatic carbocycles. The van der Waals surface area contributed by atoms with Gasteiger partial charge in [-0.25, -0.2) is 4.79 Å². The van der Waals surface area contributed by atoms with Crippen LogP contribution in [0.25, 0.3) is 0 Å². The molecule has 3 aromatic rings. The fraction of sp³-hybridized carbons (Fsp3) is 0.214. The Morgan fingerprint density at radius 1 is 0.889 bits per heavy atom. The van der Waals surface area contributed by atoms with Crippen LogP contribution in [-0.4, -0.2) is 34.7 Å². The van der Waals surface area contributed by atoms with Gasteiger partial charge in [0, 0.05) is 12.2 Å². The van der Waals surface area contributed by atoms with Crippen molar-refractivity contribution in [3.8, 4) is 0 Å². The van der Waals surface area contributed by atoms with E-state index in [2.05, 4.69) is 16.0 Å². The van der Waals surface area contributed by atoms with E-state index < -0.39 is 29.9 Å². The second-order valence-electron chi connectivity index (χ2n) is 8.80. The smallest absolute Gasteiger partial charge is 0.322 e. The quantitative estimate of drug-likeness (QED) is 0.425. The molecule has 0 unspecified atom stereocenters. The monoisotopic (exact) mass is 484 g/mol. The highest BCUT2D eigenvalue weighted by Gasteiger charge is 2.37. The average Bonchev–Trinajstić information content (AvgIpc) is 3.18. The fourth-order valence-corrected chi connectivity index (χ4v) is 4.31. The van der Waals surface area contributed by atoms with Crippen molar-refractivity contribution in [3.63, 3.8) is 0 Å². The molecule has 1 heterocycles. The number of carbonyl (C=O) groups excluding carboxylic acids is 4. The lowest BCUT2D eigenvalue weighted by Crippen LogP contribution is -2.44. The third-order valence-corrected chi connectivity index (χ3v) is 6.16. The fourth-order valence-electron chi connectivity index (χ4n) is 4.31. The number of urea groups is 1. The van der Waals surface area contributed by atoms with Crippen LogP contribution in [0.3, 0.4) is 0 Å². The van der Waals surface area contributed by atoms with E-state index in [1.54, 1.807) is 12.1 Å². The van der Waals surface area contributed by atoms with E-state index in [1.807, 2.05) is 80.6 Å². The summed E-state index contributed by atoms with van der Waals surface area (Å²) in [5.41, 5.74) is 3.96. The molecule has 184 valence electrons. The van der Waals surface area contributed by atoms with Gasteiger partial charge in [0.1, 0.15) is 12.1 Å². The van der Waals surface area contributed by atoms with Crippen LogP contribution in [0.1, 0.15) is 34.7 Å². The van der Waals surface area contributed by atoms with Crippen LogP contribution in [-0.2, 0) is 20.9 Å². The molecule has 3 N–H and O–H groups in total. The maximum absolute atomic E-state index is 13.9. The lowest BCUT2D eigenvalue weighted by atomic mass is 10.0. The molecule has 1 saturated heterocycles. The zero-order valence-electron chi connectivity index (χ0n) is 20.2. The molecular formula is C28H28N4O4. The molecule has 0 aromatic heterocycles. The van der Waals surface area contributed by atoms with Crippen LogP contribution < -0.4 is 16.0 Å². The zero-order valence-corrected chi connectivity index (χ0v) is 20.2. The highest BCUT2D eigenvalue weighted by Crippen LogP contribution is 2.28. The predicted octanol–water partition coefficient (Wildman–Crippen LogP) is 3.61. The van der Waals surface area contributed by atoms with Crippen LogP contribution in [0.5, 0.6) is 0 Å². The van der Waals surface area contributed by atoms with Crippen LogP contribution in [0.4, 0.5) is 10.5 Å². The molecule has 8 nitrogen and oxygen atoms in total. The second kappa shape index (κ2) is 10.9. The third kappa shape index (κ3) is 5.60. The van der Waals surface area contributed by atoms with E-state index in [-0.39, 0.29) is 18.9 Å². The average molecular weight is 485 g/mol. The molecule has 0 radical (unpaired) electrons. The first kappa shape index (κ1) is 24.7. The van der Waals surface area contributed by atoms with Crippen molar-refractivity contribution in [3.05, 3.63) is 101 Å². The van der Waals surface area contributed by atoms with E-state index in [9.17, 15) is 19.2 Å². The lowest BCUT2D eigenvalue weighted by Gasteiger charge is -2.32. The summed E-state index contributed by atoms with van der Waals surface area (Å²) in [6, 6.07) is 21.5. The van der Waals surface area contributed by atoms with Crippen molar-refractivity contribution in [2.75, 3.05) is 5.32 Å². The summed E-state index contributed by atoms with van der Waals surface area (Å²) in [4.78, 5) is 52.7. The first-order valence-corrected chi connectivity index (χ1v) is 11.7. The van der Waals surface area contributed by atoms with Gasteiger partial charge in [-0.2, -0.15) is 0 Å². The molecule has 2 atom stereocenters. The van der Waals surface area contributed by atoms with Gasteiger partial charge in [-0.1, -0.05) is 78.9 Å². The summed E-state index contributed by atoms with van der Waals surface area (Å²) in [5.74, 6) is -1.38. The van der Waals surface area contributed by atoms with Gasteiger partial charge in [0.05, 0.1) is 6.42 Å². The van der Waals surface area contributed by atoms with Crippen LogP contribution in [0.15, 0.2) is 78.9 Å². The number of nitrogens with one attached hydrogen (secondary N) is 3. The molecule has 4 rings (SSSR count). The molecule has 1 fully saturated rings. The maximum atomic E-state index is 13.9. The Morgan fingerprint density at radius 3 is 2.08 bits per heavy atom. The number of para-hydroxylation sites is 1. The van der Waals surface area contributed by atoms with Gasteiger partial charge in [-0.3, -0.25) is 19.7 Å². The van der Waals surface area contributed by atoms with Gasteiger partial charge in [0.25, 0.3) is 11.8 Å². The number of imide groups is 1. The Balaban J connectivity index is 1.72. The summed E-state index contributed by atoms with van der Waals surface area (Å²) < 4.78 is 0. The molecule has 0 saturated carbocycles. The molecule has 0 spiro atoms. The minimum Gasteiger partial charge on any atom is -0.325 e. The van der Waals surface area contributed by atoms with Crippen molar-refractivity contribution < 1.29 is 19.2 Å². The molecule has 1 aliphatic heterocycles. The number of benzene rings is 3. The van der Waals surface area contributed by atoms with E-state index >= 15 is 0 Å². The minimum absolute atomic E-state index is 0.141. The number of anilines is 1. The summed E-state index contributed by atoms with van der Waals surface area (Å²) in [6.45, 7) is 3.96. The van der Waals surface area contributed by atoms with E-state index in [4.69, 9.17) is 0 Å². The van der Waals surface area contributed by atoms with Crippen LogP contribution in [0.2, 0.25) is 0 Å². The first-order chi connectivity index (χ1) is 17.3. The van der Waals surface area contributed by atoms with Gasteiger partial charge in [0.15, 0.2) is 0 Å². The Morgan fingerprint density at radius 2 is 1.50 bits per heavy atom. The van der Waals surface area contributed by atoms with Gasteiger partial charge in [-0.05, 0) is 36.1 Å². The second-order valence-corrected chi connectivity index (χ2v) is 8.80. The molecule has 1 aliphatic rings. The number of hydrogen-bond donors (Lipinski definition) is 3. The number of carbonyl (C=O) groups is 4. The molecular weight excluding hydrogens is 456 g/mol. The molecule has 0 bridgehead atoms. The van der Waals surface area contributed by atoms with Crippen molar-refractivity contribution in [1.82, 2.24) is 15.5 Å². The van der Waals surface area contributed by atoms with Gasteiger partial charge in [0.2, 0.25) is 5.91 Å². The molecule has 8 heteroatoms.